The number of nitrogens with zero attached hydrogens (tertiary/aromatic N) is 1. The highest BCUT2D eigenvalue weighted by molar-refractivity contribution is 5.95. The molecule has 0 saturated heterocycles. The normalized spacial score (nSPS) is 9.91. The summed E-state index contributed by atoms with van der Waals surface area (Å²) in [6.07, 6.45) is 0.810. The Hall–Kier alpha value is -1.84. The highest BCUT2D eigenvalue weighted by Crippen LogP contribution is 2.14. The topological polar surface area (TPSA) is 46.3 Å². The first kappa shape index (κ1) is 18.2. The highest BCUT2D eigenvalue weighted by Gasteiger charge is 2.17. The number of nitrogens with two attached hydrogens (primary N) is 1. The van der Waals surface area contributed by atoms with Crippen molar-refractivity contribution in [1.29, 1.82) is 0 Å². The van der Waals surface area contributed by atoms with Crippen LogP contribution in [0.2, 0.25) is 0 Å². The fourth-order valence-electron chi connectivity index (χ4n) is 2.32. The fraction of sp³-hybridized carbons (Fsp3) is 0.278. The van der Waals surface area contributed by atoms with E-state index < -0.39 is 0 Å². The van der Waals surface area contributed by atoms with Crippen LogP contribution >= 0.6 is 12.4 Å². The van der Waals surface area contributed by atoms with Crippen LogP contribution in [0.5, 0.6) is 0 Å². The molecule has 0 aliphatic heterocycles. The molecule has 0 aliphatic rings. The molecule has 118 valence electrons. The first-order valence-electron chi connectivity index (χ1n) is 7.31. The van der Waals surface area contributed by atoms with Crippen LogP contribution in [-0.2, 0) is 6.54 Å². The molecule has 2 rings (SSSR count). The van der Waals surface area contributed by atoms with Gasteiger partial charge in [0, 0.05) is 18.7 Å². The van der Waals surface area contributed by atoms with Crippen LogP contribution < -0.4 is 5.73 Å². The third-order valence-corrected chi connectivity index (χ3v) is 3.51. The van der Waals surface area contributed by atoms with E-state index in [2.05, 4.69) is 0 Å². The van der Waals surface area contributed by atoms with Gasteiger partial charge in [-0.3, -0.25) is 4.79 Å². The Labute approximate surface area is 138 Å². The van der Waals surface area contributed by atoms with E-state index >= 15 is 0 Å². The predicted molar refractivity (Wildman–Crippen MR) is 93.3 cm³/mol. The van der Waals surface area contributed by atoms with E-state index in [4.69, 9.17) is 5.73 Å². The van der Waals surface area contributed by atoms with Gasteiger partial charge in [-0.1, -0.05) is 48.5 Å². The van der Waals surface area contributed by atoms with Crippen molar-refractivity contribution in [3.05, 3.63) is 71.3 Å². The molecule has 0 radical (unpaired) electrons. The van der Waals surface area contributed by atoms with Crippen molar-refractivity contribution in [2.45, 2.75) is 19.9 Å². The second-order valence-corrected chi connectivity index (χ2v) is 5.17. The molecule has 0 aromatic heterocycles. The Morgan fingerprint density at radius 1 is 1.05 bits per heavy atom. The average molecular weight is 319 g/mol. The molecule has 2 aromatic rings. The van der Waals surface area contributed by atoms with E-state index in [-0.39, 0.29) is 18.3 Å². The van der Waals surface area contributed by atoms with Crippen molar-refractivity contribution in [3.63, 3.8) is 0 Å². The average Bonchev–Trinajstić information content (AvgIpc) is 2.52. The van der Waals surface area contributed by atoms with Gasteiger partial charge in [-0.2, -0.15) is 0 Å². The van der Waals surface area contributed by atoms with Crippen molar-refractivity contribution in [1.82, 2.24) is 4.90 Å². The summed E-state index contributed by atoms with van der Waals surface area (Å²) in [6.45, 7) is 3.86. The third kappa shape index (κ3) is 4.86. The number of carbonyl (C=O) groups is 1. The van der Waals surface area contributed by atoms with Crippen molar-refractivity contribution in [2.24, 2.45) is 5.73 Å². The molecule has 0 aliphatic carbocycles. The second kappa shape index (κ2) is 9.23. The molecule has 0 atom stereocenters. The van der Waals surface area contributed by atoms with E-state index in [1.54, 1.807) is 0 Å². The van der Waals surface area contributed by atoms with Gasteiger partial charge in [-0.05, 0) is 37.1 Å². The van der Waals surface area contributed by atoms with Gasteiger partial charge in [0.1, 0.15) is 0 Å². The van der Waals surface area contributed by atoms with Gasteiger partial charge in [0.05, 0.1) is 0 Å². The summed E-state index contributed by atoms with van der Waals surface area (Å²) in [7, 11) is 0. The lowest BCUT2D eigenvalue weighted by Crippen LogP contribution is -2.33. The van der Waals surface area contributed by atoms with Crippen LogP contribution in [0.3, 0.4) is 0 Å². The Kier molecular flexibility index (Phi) is 7.64. The summed E-state index contributed by atoms with van der Waals surface area (Å²) in [4.78, 5) is 14.6. The van der Waals surface area contributed by atoms with Crippen LogP contribution in [0.4, 0.5) is 0 Å². The summed E-state index contributed by atoms with van der Waals surface area (Å²) in [5.41, 5.74) is 8.51. The summed E-state index contributed by atoms with van der Waals surface area (Å²) in [5, 5.41) is 0. The van der Waals surface area contributed by atoms with Crippen LogP contribution in [0.15, 0.2) is 54.6 Å². The van der Waals surface area contributed by atoms with Gasteiger partial charge in [0.15, 0.2) is 0 Å². The monoisotopic (exact) mass is 318 g/mol. The minimum absolute atomic E-state index is 0. The molecule has 0 bridgehead atoms. The number of amides is 1. The van der Waals surface area contributed by atoms with Gasteiger partial charge >= 0.3 is 0 Å². The van der Waals surface area contributed by atoms with E-state index in [0.717, 1.165) is 23.1 Å². The van der Waals surface area contributed by atoms with Crippen molar-refractivity contribution in [2.75, 3.05) is 13.1 Å². The minimum Gasteiger partial charge on any atom is -0.334 e. The maximum atomic E-state index is 12.8. The largest absolute Gasteiger partial charge is 0.334 e. The number of halogens is 1. The smallest absolute Gasteiger partial charge is 0.254 e. The quantitative estimate of drug-likeness (QED) is 0.887. The summed E-state index contributed by atoms with van der Waals surface area (Å²) >= 11 is 0. The number of hydrogen-bond acceptors (Lipinski definition) is 2. The van der Waals surface area contributed by atoms with Gasteiger partial charge < -0.3 is 10.6 Å². The Morgan fingerprint density at radius 2 is 1.68 bits per heavy atom. The maximum Gasteiger partial charge on any atom is 0.254 e. The summed E-state index contributed by atoms with van der Waals surface area (Å²) < 4.78 is 0. The maximum absolute atomic E-state index is 12.8. The van der Waals surface area contributed by atoms with E-state index in [1.165, 1.54) is 0 Å². The Balaban J connectivity index is 0.00000242. The lowest BCUT2D eigenvalue weighted by molar-refractivity contribution is 0.0741. The Bertz CT molecular complexity index is 587. The minimum atomic E-state index is 0. The predicted octanol–water partition coefficient (Wildman–Crippen LogP) is 3.41. The second-order valence-electron chi connectivity index (χ2n) is 5.17. The van der Waals surface area contributed by atoms with Gasteiger partial charge in [0.25, 0.3) is 5.91 Å². The molecular formula is C18H23ClN2O. The van der Waals surface area contributed by atoms with Crippen LogP contribution in [0.25, 0.3) is 0 Å². The Morgan fingerprint density at radius 3 is 2.32 bits per heavy atom. The SMILES string of the molecule is Cc1ccccc1C(=O)N(CCCN)Cc1ccccc1.Cl. The number of carbonyl (C=O) groups excluding carboxylic acids is 1. The standard InChI is InChI=1S/C18H22N2O.ClH/c1-15-8-5-6-11-17(15)18(21)20(13-7-12-19)14-16-9-3-2-4-10-16;/h2-6,8-11H,7,12-14,19H2,1H3;1H. The molecule has 0 fully saturated rings. The molecule has 22 heavy (non-hydrogen) atoms. The van der Waals surface area contributed by atoms with Gasteiger partial charge in [-0.25, -0.2) is 0 Å². The zero-order valence-electron chi connectivity index (χ0n) is 12.9. The van der Waals surface area contributed by atoms with Crippen LogP contribution in [-0.4, -0.2) is 23.9 Å². The summed E-state index contributed by atoms with van der Waals surface area (Å²) in [5.74, 6) is 0.0744. The number of hydrogen-bond donors (Lipinski definition) is 1. The van der Waals surface area contributed by atoms with Gasteiger partial charge in [-0.15, -0.1) is 12.4 Å². The van der Waals surface area contributed by atoms with E-state index in [0.29, 0.717) is 19.6 Å². The highest BCUT2D eigenvalue weighted by atomic mass is 35.5. The van der Waals surface area contributed by atoms with Crippen molar-refractivity contribution >= 4 is 18.3 Å². The molecule has 2 aromatic carbocycles. The molecule has 3 nitrogen and oxygen atoms in total. The molecule has 0 saturated carbocycles. The molecular weight excluding hydrogens is 296 g/mol. The molecule has 1 amide bonds. The van der Waals surface area contributed by atoms with E-state index in [1.807, 2.05) is 66.4 Å². The van der Waals surface area contributed by atoms with Crippen LogP contribution in [0.1, 0.15) is 27.9 Å². The number of rotatable bonds is 6. The first-order valence-corrected chi connectivity index (χ1v) is 7.31. The zero-order valence-corrected chi connectivity index (χ0v) is 13.7. The number of aryl methyl sites for hydroxylation is 1. The molecule has 0 unspecified atom stereocenters. The van der Waals surface area contributed by atoms with E-state index in [9.17, 15) is 4.79 Å². The van der Waals surface area contributed by atoms with Crippen molar-refractivity contribution < 1.29 is 4.79 Å². The number of benzene rings is 2. The van der Waals surface area contributed by atoms with Gasteiger partial charge in [0.2, 0.25) is 0 Å². The fourth-order valence-corrected chi connectivity index (χ4v) is 2.32. The van der Waals surface area contributed by atoms with Crippen LogP contribution in [0, 0.1) is 6.92 Å². The third-order valence-electron chi connectivity index (χ3n) is 3.51. The first-order chi connectivity index (χ1) is 10.2. The molecule has 4 heteroatoms. The lowest BCUT2D eigenvalue weighted by Gasteiger charge is -2.23. The molecule has 0 heterocycles. The zero-order chi connectivity index (χ0) is 15.1. The lowest BCUT2D eigenvalue weighted by atomic mass is 10.1. The van der Waals surface area contributed by atoms with Crippen molar-refractivity contribution in [3.8, 4) is 0 Å². The summed E-state index contributed by atoms with van der Waals surface area (Å²) in [6, 6.07) is 17.8. The molecule has 2 N–H and O–H groups in total. The molecule has 0 spiro atoms.